The van der Waals surface area contributed by atoms with Crippen LogP contribution in [-0.2, 0) is 0 Å². The molecular weight excluding hydrogens is 264 g/mol. The molecule has 0 saturated heterocycles. The highest BCUT2D eigenvalue weighted by Gasteiger charge is 2.18. The van der Waals surface area contributed by atoms with Crippen molar-refractivity contribution >= 4 is 17.5 Å². The predicted octanol–water partition coefficient (Wildman–Crippen LogP) is 3.24. The molecule has 1 N–H and O–H groups in total. The van der Waals surface area contributed by atoms with Crippen LogP contribution in [0.4, 0.5) is 0 Å². The Morgan fingerprint density at radius 1 is 1.37 bits per heavy atom. The Bertz CT molecular complexity index is 626. The van der Waals surface area contributed by atoms with Crippen molar-refractivity contribution in [3.63, 3.8) is 0 Å². The molecule has 96 valence electrons. The van der Waals surface area contributed by atoms with Crippen LogP contribution in [0.5, 0.6) is 0 Å². The Kier molecular flexibility index (Phi) is 3.88. The minimum Gasteiger partial charge on any atom is -0.459 e. The standard InChI is InChI=1S/C14H11ClN2O2/c1-9-6-7-19-13(9)14(18)17-12(8-16)10-2-4-11(15)5-3-10/h2-7,12H,1H3,(H,17,18). The second kappa shape index (κ2) is 5.59. The highest BCUT2D eigenvalue weighted by molar-refractivity contribution is 6.30. The van der Waals surface area contributed by atoms with E-state index in [0.29, 0.717) is 10.6 Å². The lowest BCUT2D eigenvalue weighted by molar-refractivity contribution is 0.0916. The Morgan fingerprint density at radius 2 is 2.05 bits per heavy atom. The summed E-state index contributed by atoms with van der Waals surface area (Å²) in [5.74, 6) is -0.196. The Labute approximate surface area is 115 Å². The van der Waals surface area contributed by atoms with E-state index in [0.717, 1.165) is 5.56 Å². The third kappa shape index (κ3) is 2.95. The van der Waals surface area contributed by atoms with E-state index in [2.05, 4.69) is 5.32 Å². The van der Waals surface area contributed by atoms with Crippen LogP contribution in [0, 0.1) is 18.3 Å². The highest BCUT2D eigenvalue weighted by Crippen LogP contribution is 2.17. The van der Waals surface area contributed by atoms with Crippen molar-refractivity contribution in [2.24, 2.45) is 0 Å². The SMILES string of the molecule is Cc1ccoc1C(=O)NC(C#N)c1ccc(Cl)cc1. The summed E-state index contributed by atoms with van der Waals surface area (Å²) >= 11 is 5.78. The maximum atomic E-state index is 12.0. The third-order valence-corrected chi connectivity index (χ3v) is 2.93. The fourth-order valence-electron chi connectivity index (χ4n) is 1.65. The molecule has 1 amide bonds. The van der Waals surface area contributed by atoms with E-state index >= 15 is 0 Å². The molecule has 0 aliphatic heterocycles. The molecule has 1 aromatic heterocycles. The summed E-state index contributed by atoms with van der Waals surface area (Å²) in [4.78, 5) is 12.0. The van der Waals surface area contributed by atoms with Crippen LogP contribution in [0.1, 0.15) is 27.7 Å². The molecule has 1 unspecified atom stereocenters. The first-order chi connectivity index (χ1) is 9.11. The van der Waals surface area contributed by atoms with Crippen LogP contribution < -0.4 is 5.32 Å². The molecule has 0 bridgehead atoms. The van der Waals surface area contributed by atoms with Gasteiger partial charge in [-0.15, -0.1) is 0 Å². The maximum Gasteiger partial charge on any atom is 0.288 e. The molecule has 0 aliphatic carbocycles. The van der Waals surface area contributed by atoms with Crippen LogP contribution in [0.3, 0.4) is 0 Å². The van der Waals surface area contributed by atoms with Crippen molar-refractivity contribution in [1.82, 2.24) is 5.32 Å². The van der Waals surface area contributed by atoms with E-state index in [-0.39, 0.29) is 5.76 Å². The van der Waals surface area contributed by atoms with Crippen LogP contribution in [0.15, 0.2) is 41.0 Å². The van der Waals surface area contributed by atoms with E-state index in [4.69, 9.17) is 21.3 Å². The fraction of sp³-hybridized carbons (Fsp3) is 0.143. The summed E-state index contributed by atoms with van der Waals surface area (Å²) in [6.45, 7) is 1.77. The molecule has 1 aromatic carbocycles. The number of nitrogens with zero attached hydrogens (tertiary/aromatic N) is 1. The second-order valence-electron chi connectivity index (χ2n) is 4.02. The maximum absolute atomic E-state index is 12.0. The van der Waals surface area contributed by atoms with Crippen LogP contribution in [-0.4, -0.2) is 5.91 Å². The number of amides is 1. The van der Waals surface area contributed by atoms with Crippen molar-refractivity contribution in [3.8, 4) is 6.07 Å². The summed E-state index contributed by atoms with van der Waals surface area (Å²) in [6.07, 6.45) is 1.44. The van der Waals surface area contributed by atoms with Gasteiger partial charge in [-0.25, -0.2) is 0 Å². The summed E-state index contributed by atoms with van der Waals surface area (Å²) in [5, 5.41) is 12.3. The summed E-state index contributed by atoms with van der Waals surface area (Å²) in [6, 6.07) is 9.73. The molecule has 0 aliphatic rings. The lowest BCUT2D eigenvalue weighted by Gasteiger charge is -2.11. The number of rotatable bonds is 3. The molecule has 2 rings (SSSR count). The van der Waals surface area contributed by atoms with Gasteiger partial charge in [0.25, 0.3) is 5.91 Å². The molecule has 5 heteroatoms. The molecular formula is C14H11ClN2O2. The smallest absolute Gasteiger partial charge is 0.288 e. The number of furan rings is 1. The monoisotopic (exact) mass is 274 g/mol. The quantitative estimate of drug-likeness (QED) is 0.934. The third-order valence-electron chi connectivity index (χ3n) is 2.68. The van der Waals surface area contributed by atoms with E-state index in [1.807, 2.05) is 6.07 Å². The first-order valence-corrected chi connectivity index (χ1v) is 5.99. The molecule has 0 radical (unpaired) electrons. The van der Waals surface area contributed by atoms with Crippen molar-refractivity contribution in [2.75, 3.05) is 0 Å². The van der Waals surface area contributed by atoms with Gasteiger partial charge in [0.2, 0.25) is 0 Å². The number of hydrogen-bond acceptors (Lipinski definition) is 3. The number of carbonyl (C=O) groups is 1. The van der Waals surface area contributed by atoms with Crippen molar-refractivity contribution < 1.29 is 9.21 Å². The first kappa shape index (κ1) is 13.2. The van der Waals surface area contributed by atoms with Gasteiger partial charge >= 0.3 is 0 Å². The predicted molar refractivity (Wildman–Crippen MR) is 70.7 cm³/mol. The van der Waals surface area contributed by atoms with Gasteiger partial charge in [0.15, 0.2) is 5.76 Å². The molecule has 0 saturated carbocycles. The summed E-state index contributed by atoms with van der Waals surface area (Å²) in [5.41, 5.74) is 1.40. The van der Waals surface area contributed by atoms with Crippen molar-refractivity contribution in [3.05, 3.63) is 58.5 Å². The highest BCUT2D eigenvalue weighted by atomic mass is 35.5. The van der Waals surface area contributed by atoms with E-state index in [9.17, 15) is 4.79 Å². The zero-order valence-corrected chi connectivity index (χ0v) is 10.9. The van der Waals surface area contributed by atoms with Gasteiger partial charge in [0.1, 0.15) is 6.04 Å². The Balaban J connectivity index is 2.17. The Morgan fingerprint density at radius 3 is 2.58 bits per heavy atom. The zero-order valence-electron chi connectivity index (χ0n) is 10.2. The average Bonchev–Trinajstić information content (AvgIpc) is 2.83. The van der Waals surface area contributed by atoms with Gasteiger partial charge < -0.3 is 9.73 Å². The number of nitriles is 1. The number of nitrogens with one attached hydrogen (secondary N) is 1. The van der Waals surface area contributed by atoms with Gasteiger partial charge in [-0.2, -0.15) is 5.26 Å². The minimum absolute atomic E-state index is 0.217. The summed E-state index contributed by atoms with van der Waals surface area (Å²) < 4.78 is 5.08. The lowest BCUT2D eigenvalue weighted by atomic mass is 10.1. The largest absolute Gasteiger partial charge is 0.459 e. The molecule has 0 spiro atoms. The normalized spacial score (nSPS) is 11.6. The minimum atomic E-state index is -0.741. The van der Waals surface area contributed by atoms with Crippen LogP contribution >= 0.6 is 11.6 Å². The van der Waals surface area contributed by atoms with Crippen LogP contribution in [0.2, 0.25) is 5.02 Å². The van der Waals surface area contributed by atoms with Gasteiger partial charge in [0, 0.05) is 10.6 Å². The van der Waals surface area contributed by atoms with Crippen molar-refractivity contribution in [1.29, 1.82) is 5.26 Å². The molecule has 4 nitrogen and oxygen atoms in total. The molecule has 1 atom stereocenters. The fourth-order valence-corrected chi connectivity index (χ4v) is 1.77. The van der Waals surface area contributed by atoms with E-state index in [1.165, 1.54) is 6.26 Å². The number of benzene rings is 1. The van der Waals surface area contributed by atoms with Crippen molar-refractivity contribution in [2.45, 2.75) is 13.0 Å². The topological polar surface area (TPSA) is 66.0 Å². The first-order valence-electron chi connectivity index (χ1n) is 5.62. The second-order valence-corrected chi connectivity index (χ2v) is 4.46. The van der Waals surface area contributed by atoms with E-state index < -0.39 is 11.9 Å². The summed E-state index contributed by atoms with van der Waals surface area (Å²) in [7, 11) is 0. The molecule has 19 heavy (non-hydrogen) atoms. The average molecular weight is 275 g/mol. The van der Waals surface area contributed by atoms with E-state index in [1.54, 1.807) is 37.3 Å². The van der Waals surface area contributed by atoms with Gasteiger partial charge in [0.05, 0.1) is 12.3 Å². The van der Waals surface area contributed by atoms with Gasteiger partial charge in [-0.05, 0) is 30.7 Å². The number of hydrogen-bond donors (Lipinski definition) is 1. The lowest BCUT2D eigenvalue weighted by Crippen LogP contribution is -2.27. The number of carbonyl (C=O) groups excluding carboxylic acids is 1. The Hall–Kier alpha value is -2.25. The van der Waals surface area contributed by atoms with Gasteiger partial charge in [-0.3, -0.25) is 4.79 Å². The van der Waals surface area contributed by atoms with Crippen LogP contribution in [0.25, 0.3) is 0 Å². The number of halogens is 1. The van der Waals surface area contributed by atoms with Gasteiger partial charge in [-0.1, -0.05) is 23.7 Å². The molecule has 0 fully saturated rings. The number of aryl methyl sites for hydroxylation is 1. The zero-order chi connectivity index (χ0) is 13.8. The molecule has 1 heterocycles. The molecule has 2 aromatic rings.